The Bertz CT molecular complexity index is 1110. The van der Waals surface area contributed by atoms with Crippen LogP contribution in [0.15, 0.2) is 63.6 Å². The predicted octanol–water partition coefficient (Wildman–Crippen LogP) is 5.57. The van der Waals surface area contributed by atoms with E-state index in [4.69, 9.17) is 8.83 Å². The van der Waals surface area contributed by atoms with Crippen LogP contribution in [0.5, 0.6) is 0 Å². The topological polar surface area (TPSA) is 81.2 Å². The maximum atomic E-state index is 12.3. The minimum absolute atomic E-state index is 0.0493. The van der Waals surface area contributed by atoms with E-state index in [9.17, 15) is 4.79 Å². The van der Waals surface area contributed by atoms with Gasteiger partial charge in [0.05, 0.1) is 6.20 Å². The van der Waals surface area contributed by atoms with Gasteiger partial charge in [-0.1, -0.05) is 44.2 Å². The first-order valence-electron chi connectivity index (χ1n) is 9.79. The summed E-state index contributed by atoms with van der Waals surface area (Å²) in [7, 11) is 0. The number of fused-ring (bicyclic) bond motifs is 1. The molecular formula is C23H23N3O3. The maximum absolute atomic E-state index is 12.3. The van der Waals surface area contributed by atoms with Gasteiger partial charge in [-0.25, -0.2) is 9.97 Å². The average Bonchev–Trinajstić information content (AvgIpc) is 3.35. The Morgan fingerprint density at radius 1 is 1.10 bits per heavy atom. The molecule has 1 amide bonds. The molecule has 29 heavy (non-hydrogen) atoms. The van der Waals surface area contributed by atoms with Crippen LogP contribution in [-0.2, 0) is 11.2 Å². The van der Waals surface area contributed by atoms with E-state index in [2.05, 4.69) is 15.3 Å². The fourth-order valence-corrected chi connectivity index (χ4v) is 3.06. The molecule has 0 unspecified atom stereocenters. The maximum Gasteiger partial charge on any atom is 0.224 e. The van der Waals surface area contributed by atoms with Crippen LogP contribution in [0.25, 0.3) is 22.4 Å². The molecule has 0 aliphatic heterocycles. The summed E-state index contributed by atoms with van der Waals surface area (Å²) in [6, 6.07) is 15.3. The molecule has 2 aromatic carbocycles. The minimum atomic E-state index is -0.0493. The number of oxazole rings is 2. The molecule has 6 heteroatoms. The number of nitrogens with zero attached hydrogens (tertiary/aromatic N) is 2. The number of rotatable bonds is 7. The third kappa shape index (κ3) is 4.54. The molecule has 2 aromatic heterocycles. The van der Waals surface area contributed by atoms with Gasteiger partial charge in [-0.3, -0.25) is 4.79 Å². The fourth-order valence-electron chi connectivity index (χ4n) is 3.06. The molecule has 0 aliphatic rings. The molecule has 0 saturated carbocycles. The first kappa shape index (κ1) is 18.9. The van der Waals surface area contributed by atoms with E-state index in [1.54, 1.807) is 6.20 Å². The number of benzene rings is 2. The standard InChI is InChI=1S/C23H23N3O3/c1-15(2)23-26-18-13-17(11-12-19(18)29-23)25-21(27)9-6-10-22-24-14-20(28-22)16-7-4-3-5-8-16/h3-5,7-8,11-15H,6,9-10H2,1-2H3,(H,25,27). The Balaban J connectivity index is 1.30. The van der Waals surface area contributed by atoms with Gasteiger partial charge in [0.15, 0.2) is 23.1 Å². The fraction of sp³-hybridized carbons (Fsp3) is 0.261. The summed E-state index contributed by atoms with van der Waals surface area (Å²) in [6.45, 7) is 4.06. The van der Waals surface area contributed by atoms with Crippen molar-refractivity contribution in [1.29, 1.82) is 0 Å². The van der Waals surface area contributed by atoms with Crippen molar-refractivity contribution < 1.29 is 13.6 Å². The minimum Gasteiger partial charge on any atom is -0.441 e. The molecule has 1 N–H and O–H groups in total. The van der Waals surface area contributed by atoms with Gasteiger partial charge in [-0.2, -0.15) is 0 Å². The van der Waals surface area contributed by atoms with Gasteiger partial charge in [0.1, 0.15) is 5.52 Å². The quantitative estimate of drug-likeness (QED) is 0.447. The number of nitrogens with one attached hydrogen (secondary N) is 1. The van der Waals surface area contributed by atoms with Crippen molar-refractivity contribution in [1.82, 2.24) is 9.97 Å². The van der Waals surface area contributed by atoms with Gasteiger partial charge >= 0.3 is 0 Å². The monoisotopic (exact) mass is 389 g/mol. The lowest BCUT2D eigenvalue weighted by Gasteiger charge is -2.04. The molecular weight excluding hydrogens is 366 g/mol. The van der Waals surface area contributed by atoms with E-state index >= 15 is 0 Å². The van der Waals surface area contributed by atoms with Gasteiger partial charge in [0.2, 0.25) is 5.91 Å². The summed E-state index contributed by atoms with van der Waals surface area (Å²) in [6.07, 6.45) is 3.38. The molecule has 2 heterocycles. The Morgan fingerprint density at radius 3 is 2.72 bits per heavy atom. The molecule has 0 fully saturated rings. The number of amides is 1. The summed E-state index contributed by atoms with van der Waals surface area (Å²) in [4.78, 5) is 21.1. The summed E-state index contributed by atoms with van der Waals surface area (Å²) in [5.74, 6) is 2.25. The third-order valence-electron chi connectivity index (χ3n) is 4.59. The second kappa shape index (κ2) is 8.31. The molecule has 0 spiro atoms. The smallest absolute Gasteiger partial charge is 0.224 e. The van der Waals surface area contributed by atoms with Crippen molar-refractivity contribution in [2.45, 2.75) is 39.0 Å². The van der Waals surface area contributed by atoms with Crippen LogP contribution in [0.1, 0.15) is 44.4 Å². The van der Waals surface area contributed by atoms with E-state index in [1.807, 2.05) is 62.4 Å². The van der Waals surface area contributed by atoms with Crippen LogP contribution < -0.4 is 5.32 Å². The number of aromatic nitrogens is 2. The van der Waals surface area contributed by atoms with E-state index < -0.39 is 0 Å². The van der Waals surface area contributed by atoms with Gasteiger partial charge in [-0.05, 0) is 24.6 Å². The SMILES string of the molecule is CC(C)c1nc2cc(NC(=O)CCCc3ncc(-c4ccccc4)o3)ccc2o1. The molecule has 0 atom stereocenters. The first-order chi connectivity index (χ1) is 14.1. The highest BCUT2D eigenvalue weighted by Gasteiger charge is 2.11. The highest BCUT2D eigenvalue weighted by molar-refractivity contribution is 5.92. The Hall–Kier alpha value is -3.41. The lowest BCUT2D eigenvalue weighted by Crippen LogP contribution is -2.11. The van der Waals surface area contributed by atoms with E-state index in [-0.39, 0.29) is 11.8 Å². The van der Waals surface area contributed by atoms with Crippen LogP contribution in [-0.4, -0.2) is 15.9 Å². The van der Waals surface area contributed by atoms with Crippen LogP contribution in [0, 0.1) is 0 Å². The van der Waals surface area contributed by atoms with E-state index in [1.165, 1.54) is 0 Å². The summed E-state index contributed by atoms with van der Waals surface area (Å²) in [5, 5.41) is 2.92. The van der Waals surface area contributed by atoms with Gasteiger partial charge < -0.3 is 14.2 Å². The normalized spacial score (nSPS) is 11.3. The van der Waals surface area contributed by atoms with Gasteiger partial charge in [-0.15, -0.1) is 0 Å². The third-order valence-corrected chi connectivity index (χ3v) is 4.59. The zero-order valence-electron chi connectivity index (χ0n) is 16.5. The number of hydrogen-bond donors (Lipinski definition) is 1. The highest BCUT2D eigenvalue weighted by atomic mass is 16.4. The van der Waals surface area contributed by atoms with Crippen molar-refractivity contribution in [3.8, 4) is 11.3 Å². The number of hydrogen-bond acceptors (Lipinski definition) is 5. The summed E-state index contributed by atoms with van der Waals surface area (Å²) >= 11 is 0. The molecule has 0 aliphatic carbocycles. The molecule has 6 nitrogen and oxygen atoms in total. The summed E-state index contributed by atoms with van der Waals surface area (Å²) in [5.41, 5.74) is 3.19. The van der Waals surface area contributed by atoms with Gasteiger partial charge in [0.25, 0.3) is 0 Å². The highest BCUT2D eigenvalue weighted by Crippen LogP contribution is 2.24. The molecule has 4 aromatic rings. The number of carbonyl (C=O) groups is 1. The number of carbonyl (C=O) groups excluding carboxylic acids is 1. The van der Waals surface area contributed by atoms with Crippen LogP contribution in [0.3, 0.4) is 0 Å². The predicted molar refractivity (Wildman–Crippen MR) is 112 cm³/mol. The van der Waals surface area contributed by atoms with Crippen molar-refractivity contribution in [2.24, 2.45) is 0 Å². The molecule has 0 saturated heterocycles. The Kier molecular flexibility index (Phi) is 5.42. The molecule has 148 valence electrons. The van der Waals surface area contributed by atoms with Crippen LogP contribution in [0.4, 0.5) is 5.69 Å². The summed E-state index contributed by atoms with van der Waals surface area (Å²) < 4.78 is 11.5. The molecule has 4 rings (SSSR count). The number of anilines is 1. The average molecular weight is 389 g/mol. The van der Waals surface area contributed by atoms with Crippen LogP contribution in [0.2, 0.25) is 0 Å². The van der Waals surface area contributed by atoms with Crippen molar-refractivity contribution in [3.05, 3.63) is 66.5 Å². The second-order valence-corrected chi connectivity index (χ2v) is 7.28. The second-order valence-electron chi connectivity index (χ2n) is 7.28. The lowest BCUT2D eigenvalue weighted by atomic mass is 10.2. The van der Waals surface area contributed by atoms with E-state index in [0.717, 1.165) is 22.4 Å². The molecule has 0 bridgehead atoms. The van der Waals surface area contributed by atoms with E-state index in [0.29, 0.717) is 36.7 Å². The largest absolute Gasteiger partial charge is 0.441 e. The molecule has 0 radical (unpaired) electrons. The van der Waals surface area contributed by atoms with Gasteiger partial charge in [0, 0.05) is 30.0 Å². The van der Waals surface area contributed by atoms with Crippen molar-refractivity contribution in [3.63, 3.8) is 0 Å². The van der Waals surface area contributed by atoms with Crippen molar-refractivity contribution >= 4 is 22.7 Å². The Labute approximate surface area is 169 Å². The van der Waals surface area contributed by atoms with Crippen molar-refractivity contribution in [2.75, 3.05) is 5.32 Å². The first-order valence-corrected chi connectivity index (χ1v) is 9.79. The zero-order chi connectivity index (χ0) is 20.2. The zero-order valence-corrected chi connectivity index (χ0v) is 16.5. The number of aryl methyl sites for hydroxylation is 1. The lowest BCUT2D eigenvalue weighted by molar-refractivity contribution is -0.116. The van der Waals surface area contributed by atoms with Crippen LogP contribution >= 0.6 is 0 Å². The Morgan fingerprint density at radius 2 is 1.93 bits per heavy atom.